The van der Waals surface area contributed by atoms with Gasteiger partial charge in [0.2, 0.25) is 0 Å². The summed E-state index contributed by atoms with van der Waals surface area (Å²) in [5.41, 5.74) is 1.41. The second-order valence-corrected chi connectivity index (χ2v) is 7.72. The van der Waals surface area contributed by atoms with E-state index >= 15 is 0 Å². The molecule has 1 saturated heterocycles. The van der Waals surface area contributed by atoms with Gasteiger partial charge in [-0.15, -0.1) is 11.3 Å². The summed E-state index contributed by atoms with van der Waals surface area (Å²) in [5, 5.41) is 5.12. The van der Waals surface area contributed by atoms with E-state index < -0.39 is 0 Å². The molecule has 0 saturated carbocycles. The minimum Gasteiger partial charge on any atom is -0.302 e. The highest BCUT2D eigenvalue weighted by Crippen LogP contribution is 2.38. The number of aryl methyl sites for hydroxylation is 2. The molecule has 0 radical (unpaired) electrons. The van der Waals surface area contributed by atoms with Crippen molar-refractivity contribution < 1.29 is 0 Å². The summed E-state index contributed by atoms with van der Waals surface area (Å²) in [6, 6.07) is 0.512. The summed E-state index contributed by atoms with van der Waals surface area (Å²) < 4.78 is 0. The number of nitrogens with zero attached hydrogens (tertiary/aromatic N) is 1. The number of thioether (sulfide) groups is 1. The Hall–Kier alpha value is -0.0600. The second-order valence-electron chi connectivity index (χ2n) is 5.41. The van der Waals surface area contributed by atoms with Gasteiger partial charge < -0.3 is 5.32 Å². The third kappa shape index (κ3) is 2.91. The lowest BCUT2D eigenvalue weighted by Crippen LogP contribution is -2.49. The normalized spacial score (nSPS) is 24.7. The highest BCUT2D eigenvalue weighted by molar-refractivity contribution is 7.99. The third-order valence-electron chi connectivity index (χ3n) is 3.44. The quantitative estimate of drug-likeness (QED) is 0.912. The minimum absolute atomic E-state index is 0.125. The summed E-state index contributed by atoms with van der Waals surface area (Å²) in [6.07, 6.45) is 3.58. The molecule has 0 bridgehead atoms. The smallest absolute Gasteiger partial charge is 0.114 e. The molecule has 2 rings (SSSR count). The molecule has 0 aromatic carbocycles. The van der Waals surface area contributed by atoms with Crippen LogP contribution in [-0.2, 0) is 12.0 Å². The summed E-state index contributed by atoms with van der Waals surface area (Å²) in [6.45, 7) is 8.88. The Kier molecular flexibility index (Phi) is 4.73. The van der Waals surface area contributed by atoms with E-state index in [2.05, 4.69) is 44.8 Å². The van der Waals surface area contributed by atoms with Crippen molar-refractivity contribution in [2.75, 3.05) is 11.5 Å². The van der Waals surface area contributed by atoms with Crippen molar-refractivity contribution in [3.63, 3.8) is 0 Å². The number of hydrogen-bond donors (Lipinski definition) is 1. The van der Waals surface area contributed by atoms with Crippen LogP contribution >= 0.6 is 23.1 Å². The molecule has 4 heteroatoms. The van der Waals surface area contributed by atoms with Gasteiger partial charge in [-0.2, -0.15) is 11.8 Å². The van der Waals surface area contributed by atoms with Gasteiger partial charge >= 0.3 is 0 Å². The van der Waals surface area contributed by atoms with Crippen LogP contribution in [0, 0.1) is 6.92 Å². The van der Waals surface area contributed by atoms with Gasteiger partial charge in [-0.25, -0.2) is 4.98 Å². The van der Waals surface area contributed by atoms with Gasteiger partial charge in [0.05, 0.1) is 11.2 Å². The van der Waals surface area contributed by atoms with E-state index in [1.54, 1.807) is 0 Å². The van der Waals surface area contributed by atoms with Crippen molar-refractivity contribution in [3.05, 3.63) is 15.6 Å². The Bertz CT molecular complexity index is 392. The molecule has 2 heterocycles. The average Bonchev–Trinajstić information content (AvgIpc) is 2.71. The maximum absolute atomic E-state index is 4.92. The van der Waals surface area contributed by atoms with E-state index in [-0.39, 0.29) is 5.54 Å². The van der Waals surface area contributed by atoms with Crippen LogP contribution in [0.4, 0.5) is 0 Å². The molecular formula is C14H24N2S2. The molecule has 1 N–H and O–H groups in total. The molecule has 0 aliphatic carbocycles. The maximum atomic E-state index is 4.92. The molecule has 1 unspecified atom stereocenters. The Balaban J connectivity index is 2.32. The lowest BCUT2D eigenvalue weighted by molar-refractivity contribution is 0.309. The molecule has 1 aromatic heterocycles. The minimum atomic E-state index is 0.125. The molecule has 1 aliphatic heterocycles. The van der Waals surface area contributed by atoms with E-state index in [9.17, 15) is 0 Å². The SMILES string of the molecule is CCc1nc(C2(NC(C)C)CCCSC2)sc1C. The number of rotatable bonds is 4. The van der Waals surface area contributed by atoms with Crippen LogP contribution in [-0.4, -0.2) is 22.5 Å². The molecule has 0 spiro atoms. The third-order valence-corrected chi connectivity index (χ3v) is 5.93. The lowest BCUT2D eigenvalue weighted by Gasteiger charge is -2.37. The zero-order valence-corrected chi connectivity index (χ0v) is 13.5. The van der Waals surface area contributed by atoms with Gasteiger partial charge in [-0.05, 0) is 45.8 Å². The van der Waals surface area contributed by atoms with E-state index in [4.69, 9.17) is 4.98 Å². The van der Waals surface area contributed by atoms with Crippen molar-refractivity contribution in [1.82, 2.24) is 10.3 Å². The van der Waals surface area contributed by atoms with Gasteiger partial charge in [0.1, 0.15) is 5.01 Å². The van der Waals surface area contributed by atoms with Crippen LogP contribution in [0.1, 0.15) is 49.2 Å². The molecule has 1 atom stereocenters. The number of nitrogens with one attached hydrogen (secondary N) is 1. The predicted octanol–water partition coefficient (Wildman–Crippen LogP) is 3.73. The van der Waals surface area contributed by atoms with Gasteiger partial charge in [-0.1, -0.05) is 6.92 Å². The Morgan fingerprint density at radius 2 is 2.22 bits per heavy atom. The zero-order chi connectivity index (χ0) is 13.2. The topological polar surface area (TPSA) is 24.9 Å². The van der Waals surface area contributed by atoms with E-state index in [0.29, 0.717) is 6.04 Å². The second kappa shape index (κ2) is 5.93. The monoisotopic (exact) mass is 284 g/mol. The molecule has 0 amide bonds. The predicted molar refractivity (Wildman–Crippen MR) is 82.7 cm³/mol. The molecule has 18 heavy (non-hydrogen) atoms. The van der Waals surface area contributed by atoms with Gasteiger partial charge in [0.15, 0.2) is 0 Å². The highest BCUT2D eigenvalue weighted by Gasteiger charge is 2.37. The largest absolute Gasteiger partial charge is 0.302 e. The zero-order valence-electron chi connectivity index (χ0n) is 11.9. The molecule has 1 fully saturated rings. The molecule has 1 aromatic rings. The Morgan fingerprint density at radius 3 is 2.72 bits per heavy atom. The Morgan fingerprint density at radius 1 is 1.44 bits per heavy atom. The molecule has 102 valence electrons. The van der Waals surface area contributed by atoms with Crippen molar-refractivity contribution in [2.24, 2.45) is 0 Å². The van der Waals surface area contributed by atoms with Crippen molar-refractivity contribution >= 4 is 23.1 Å². The van der Waals surface area contributed by atoms with E-state index in [0.717, 1.165) is 6.42 Å². The molecule has 2 nitrogen and oxygen atoms in total. The highest BCUT2D eigenvalue weighted by atomic mass is 32.2. The Labute approximate surface area is 119 Å². The first-order valence-corrected chi connectivity index (χ1v) is 8.87. The summed E-state index contributed by atoms with van der Waals surface area (Å²) in [5.74, 6) is 2.47. The standard InChI is InChI=1S/C14H24N2S2/c1-5-12-11(4)18-13(15-12)14(16-10(2)3)7-6-8-17-9-14/h10,16H,5-9H2,1-4H3. The van der Waals surface area contributed by atoms with Crippen LogP contribution in [0.3, 0.4) is 0 Å². The average molecular weight is 284 g/mol. The van der Waals surface area contributed by atoms with Crippen LogP contribution in [0.15, 0.2) is 0 Å². The number of aromatic nitrogens is 1. The fraction of sp³-hybridized carbons (Fsp3) is 0.786. The van der Waals surface area contributed by atoms with Gasteiger partial charge in [0, 0.05) is 16.7 Å². The van der Waals surface area contributed by atoms with Crippen LogP contribution in [0.25, 0.3) is 0 Å². The molecule has 1 aliphatic rings. The first-order chi connectivity index (χ1) is 8.57. The lowest BCUT2D eigenvalue weighted by atomic mass is 9.95. The van der Waals surface area contributed by atoms with E-state index in [1.165, 1.54) is 39.9 Å². The summed E-state index contributed by atoms with van der Waals surface area (Å²) in [4.78, 5) is 6.32. The van der Waals surface area contributed by atoms with Gasteiger partial charge in [0.25, 0.3) is 0 Å². The first kappa shape index (κ1) is 14.4. The number of thiazole rings is 1. The van der Waals surface area contributed by atoms with Crippen LogP contribution < -0.4 is 5.32 Å². The van der Waals surface area contributed by atoms with Crippen molar-refractivity contribution in [1.29, 1.82) is 0 Å². The first-order valence-electron chi connectivity index (χ1n) is 6.89. The maximum Gasteiger partial charge on any atom is 0.114 e. The summed E-state index contributed by atoms with van der Waals surface area (Å²) >= 11 is 3.96. The van der Waals surface area contributed by atoms with Crippen molar-refractivity contribution in [3.8, 4) is 0 Å². The molecular weight excluding hydrogens is 260 g/mol. The fourth-order valence-electron chi connectivity index (χ4n) is 2.65. The van der Waals surface area contributed by atoms with E-state index in [1.807, 2.05) is 11.3 Å². The fourth-order valence-corrected chi connectivity index (χ4v) is 5.13. The van der Waals surface area contributed by atoms with Crippen LogP contribution in [0.2, 0.25) is 0 Å². The summed E-state index contributed by atoms with van der Waals surface area (Å²) in [7, 11) is 0. The van der Waals surface area contributed by atoms with Gasteiger partial charge in [-0.3, -0.25) is 0 Å². The van der Waals surface area contributed by atoms with Crippen LogP contribution in [0.5, 0.6) is 0 Å². The van der Waals surface area contributed by atoms with Crippen molar-refractivity contribution in [2.45, 2.75) is 58.5 Å². The number of hydrogen-bond acceptors (Lipinski definition) is 4.